The molecule has 0 aliphatic heterocycles. The summed E-state index contributed by atoms with van der Waals surface area (Å²) >= 11 is 0. The van der Waals surface area contributed by atoms with Crippen LogP contribution in [0.2, 0.25) is 0 Å². The molecule has 0 aliphatic carbocycles. The summed E-state index contributed by atoms with van der Waals surface area (Å²) in [5.41, 5.74) is 12.2. The smallest absolute Gasteiger partial charge is 0.234 e. The van der Waals surface area contributed by atoms with E-state index in [1.165, 1.54) is 33.0 Å². The van der Waals surface area contributed by atoms with E-state index in [-0.39, 0.29) is 0 Å². The van der Waals surface area contributed by atoms with Crippen LogP contribution in [-0.4, -0.2) is 14.5 Å². The molecule has 0 atom stereocenters. The highest BCUT2D eigenvalue weighted by atomic mass is 15.3. The molecule has 0 spiro atoms. The maximum atomic E-state index is 4.97. The summed E-state index contributed by atoms with van der Waals surface area (Å²) in [5.74, 6) is 0.605. The molecule has 0 bridgehead atoms. The number of hydrogen-bond acceptors (Lipinski definition) is 3. The maximum absolute atomic E-state index is 4.97. The zero-order valence-electron chi connectivity index (χ0n) is 27.3. The molecule has 50 heavy (non-hydrogen) atoms. The predicted molar refractivity (Wildman–Crippen MR) is 207 cm³/mol. The Balaban J connectivity index is 1.14. The van der Waals surface area contributed by atoms with E-state index < -0.39 is 0 Å². The van der Waals surface area contributed by atoms with Gasteiger partial charge in [0.1, 0.15) is 0 Å². The van der Waals surface area contributed by atoms with Crippen molar-refractivity contribution in [3.8, 4) is 39.1 Å². The standard InChI is InChI=1S/C46H32N4/c1-4-12-33(13-5-1)35-20-22-37(23-21-35)38-31-47-46(48-32-38)49(40-26-24-36(25-27-40)34-14-6-2-7-15-34)41-28-29-45-43(30-41)42-18-10-11-19-44(42)50(45)39-16-8-3-9-17-39/h1-32H. The van der Waals surface area contributed by atoms with E-state index in [1.54, 1.807) is 0 Å². The van der Waals surface area contributed by atoms with Gasteiger partial charge in [-0.15, -0.1) is 0 Å². The van der Waals surface area contributed by atoms with Crippen LogP contribution in [0.3, 0.4) is 0 Å². The molecule has 0 aliphatic rings. The van der Waals surface area contributed by atoms with E-state index in [0.717, 1.165) is 39.3 Å². The van der Waals surface area contributed by atoms with Crippen LogP contribution in [0.1, 0.15) is 0 Å². The van der Waals surface area contributed by atoms with Crippen molar-refractivity contribution in [2.75, 3.05) is 4.90 Å². The molecule has 0 radical (unpaired) electrons. The summed E-state index contributed by atoms with van der Waals surface area (Å²) in [6, 6.07) is 63.9. The summed E-state index contributed by atoms with van der Waals surface area (Å²) in [7, 11) is 0. The summed E-state index contributed by atoms with van der Waals surface area (Å²) in [5, 5.41) is 2.37. The highest BCUT2D eigenvalue weighted by Gasteiger charge is 2.19. The van der Waals surface area contributed by atoms with Gasteiger partial charge in [0.15, 0.2) is 0 Å². The van der Waals surface area contributed by atoms with Gasteiger partial charge in [0.05, 0.1) is 11.0 Å². The fourth-order valence-electron chi connectivity index (χ4n) is 6.84. The van der Waals surface area contributed by atoms with Crippen LogP contribution in [-0.2, 0) is 0 Å². The Morgan fingerprint density at radius 3 is 1.44 bits per heavy atom. The van der Waals surface area contributed by atoms with E-state index >= 15 is 0 Å². The van der Waals surface area contributed by atoms with Gasteiger partial charge in [-0.25, -0.2) is 9.97 Å². The first kappa shape index (κ1) is 29.4. The zero-order chi connectivity index (χ0) is 33.3. The van der Waals surface area contributed by atoms with Crippen LogP contribution < -0.4 is 4.90 Å². The monoisotopic (exact) mass is 640 g/mol. The quantitative estimate of drug-likeness (QED) is 0.174. The fraction of sp³-hybridized carbons (Fsp3) is 0. The van der Waals surface area contributed by atoms with Crippen molar-refractivity contribution in [1.29, 1.82) is 0 Å². The maximum Gasteiger partial charge on any atom is 0.234 e. The van der Waals surface area contributed by atoms with Gasteiger partial charge in [0, 0.05) is 45.8 Å². The van der Waals surface area contributed by atoms with E-state index in [4.69, 9.17) is 9.97 Å². The molecule has 0 saturated heterocycles. The molecule has 4 nitrogen and oxygen atoms in total. The number of hydrogen-bond donors (Lipinski definition) is 0. The fourth-order valence-corrected chi connectivity index (χ4v) is 6.84. The van der Waals surface area contributed by atoms with Crippen LogP contribution in [0, 0.1) is 0 Å². The van der Waals surface area contributed by atoms with Gasteiger partial charge in [-0.2, -0.15) is 0 Å². The first-order valence-electron chi connectivity index (χ1n) is 16.8. The Hall–Kier alpha value is -6.78. The lowest BCUT2D eigenvalue weighted by Gasteiger charge is -2.24. The molecule has 0 fully saturated rings. The van der Waals surface area contributed by atoms with Gasteiger partial charge in [-0.1, -0.05) is 133 Å². The summed E-state index contributed by atoms with van der Waals surface area (Å²) in [4.78, 5) is 12.1. The summed E-state index contributed by atoms with van der Waals surface area (Å²) in [6.45, 7) is 0. The predicted octanol–water partition coefficient (Wildman–Crippen LogP) is 12.0. The molecule has 2 heterocycles. The Morgan fingerprint density at radius 2 is 0.820 bits per heavy atom. The zero-order valence-corrected chi connectivity index (χ0v) is 27.3. The third-order valence-electron chi connectivity index (χ3n) is 9.32. The number of fused-ring (bicyclic) bond motifs is 3. The third kappa shape index (κ3) is 5.39. The van der Waals surface area contributed by atoms with Crippen molar-refractivity contribution in [2.45, 2.75) is 0 Å². The molecule has 2 aromatic heterocycles. The minimum Gasteiger partial charge on any atom is -0.309 e. The van der Waals surface area contributed by atoms with Gasteiger partial charge in [-0.3, -0.25) is 4.90 Å². The highest BCUT2D eigenvalue weighted by molar-refractivity contribution is 6.10. The second-order valence-corrected chi connectivity index (χ2v) is 12.4. The van der Waals surface area contributed by atoms with Crippen LogP contribution >= 0.6 is 0 Å². The first-order valence-corrected chi connectivity index (χ1v) is 16.8. The Morgan fingerprint density at radius 1 is 0.360 bits per heavy atom. The Labute approximate surface area is 291 Å². The van der Waals surface area contributed by atoms with E-state index in [2.05, 4.69) is 179 Å². The first-order chi connectivity index (χ1) is 24.8. The van der Waals surface area contributed by atoms with Gasteiger partial charge >= 0.3 is 0 Å². The van der Waals surface area contributed by atoms with Crippen LogP contribution in [0.5, 0.6) is 0 Å². The molecule has 9 aromatic rings. The second-order valence-electron chi connectivity index (χ2n) is 12.4. The average Bonchev–Trinajstić information content (AvgIpc) is 3.53. The minimum atomic E-state index is 0.605. The molecular formula is C46H32N4. The number of rotatable bonds is 7. The van der Waals surface area contributed by atoms with Crippen molar-refractivity contribution in [1.82, 2.24) is 14.5 Å². The Kier molecular flexibility index (Phi) is 7.45. The highest BCUT2D eigenvalue weighted by Crippen LogP contribution is 2.39. The molecule has 0 saturated carbocycles. The van der Waals surface area contributed by atoms with E-state index in [1.807, 2.05) is 24.5 Å². The largest absolute Gasteiger partial charge is 0.309 e. The van der Waals surface area contributed by atoms with Crippen LogP contribution in [0.25, 0.3) is 60.9 Å². The van der Waals surface area contributed by atoms with Crippen molar-refractivity contribution in [3.05, 3.63) is 194 Å². The topological polar surface area (TPSA) is 34.0 Å². The van der Waals surface area contributed by atoms with E-state index in [9.17, 15) is 0 Å². The molecule has 0 unspecified atom stereocenters. The SMILES string of the molecule is c1ccc(-c2ccc(-c3cnc(N(c4ccc(-c5ccccc5)cc4)c4ccc5c(c4)c4ccccc4n5-c4ccccc4)nc3)cc2)cc1. The lowest BCUT2D eigenvalue weighted by Crippen LogP contribution is -2.13. The number of nitrogens with zero attached hydrogens (tertiary/aromatic N) is 4. The molecule has 9 rings (SSSR count). The number of anilines is 3. The molecule has 4 heteroatoms. The lowest BCUT2D eigenvalue weighted by atomic mass is 10.0. The molecule has 236 valence electrons. The van der Waals surface area contributed by atoms with E-state index in [0.29, 0.717) is 5.95 Å². The number of benzene rings is 7. The van der Waals surface area contributed by atoms with Gasteiger partial charge < -0.3 is 4.57 Å². The van der Waals surface area contributed by atoms with Crippen molar-refractivity contribution >= 4 is 39.1 Å². The normalized spacial score (nSPS) is 11.2. The number of para-hydroxylation sites is 2. The van der Waals surface area contributed by atoms with Crippen LogP contribution in [0.15, 0.2) is 194 Å². The third-order valence-corrected chi connectivity index (χ3v) is 9.32. The second kappa shape index (κ2) is 12.7. The van der Waals surface area contributed by atoms with Gasteiger partial charge in [-0.05, 0) is 76.3 Å². The van der Waals surface area contributed by atoms with Crippen molar-refractivity contribution in [2.24, 2.45) is 0 Å². The molecular weight excluding hydrogens is 609 g/mol. The van der Waals surface area contributed by atoms with Crippen molar-refractivity contribution < 1.29 is 0 Å². The van der Waals surface area contributed by atoms with Gasteiger partial charge in [0.25, 0.3) is 0 Å². The molecule has 0 N–H and O–H groups in total. The Bertz CT molecular complexity index is 2540. The van der Waals surface area contributed by atoms with Crippen molar-refractivity contribution in [3.63, 3.8) is 0 Å². The van der Waals surface area contributed by atoms with Gasteiger partial charge in [0.2, 0.25) is 5.95 Å². The molecule has 7 aromatic carbocycles. The molecule has 0 amide bonds. The number of aromatic nitrogens is 3. The summed E-state index contributed by atoms with van der Waals surface area (Å²) in [6.07, 6.45) is 3.84. The minimum absolute atomic E-state index is 0.605. The lowest BCUT2D eigenvalue weighted by molar-refractivity contribution is 1.08. The summed E-state index contributed by atoms with van der Waals surface area (Å²) < 4.78 is 2.34. The van der Waals surface area contributed by atoms with Crippen LogP contribution in [0.4, 0.5) is 17.3 Å². The average molecular weight is 641 g/mol.